The molecule has 1 aliphatic heterocycles. The van der Waals surface area contributed by atoms with E-state index in [2.05, 4.69) is 111 Å². The Morgan fingerprint density at radius 1 is 0.556 bits per heavy atom. The molecule has 0 aromatic heterocycles. The van der Waals surface area contributed by atoms with Gasteiger partial charge in [-0.05, 0) is 58.8 Å². The maximum atomic E-state index is 7.05. The Hall–Kier alpha value is -2.21. The van der Waals surface area contributed by atoms with Gasteiger partial charge in [-0.2, -0.15) is 0 Å². The van der Waals surface area contributed by atoms with Gasteiger partial charge in [-0.1, -0.05) is 84.9 Å². The molecule has 0 aliphatic carbocycles. The van der Waals surface area contributed by atoms with Crippen LogP contribution in [-0.4, -0.2) is 16.6 Å². The fourth-order valence-corrected chi connectivity index (χ4v) is 13.5. The van der Waals surface area contributed by atoms with Crippen LogP contribution in [0.4, 0.5) is 0 Å². The van der Waals surface area contributed by atoms with Crippen LogP contribution in [0, 0.1) is 0 Å². The molecule has 0 saturated heterocycles. The zero-order valence-electron chi connectivity index (χ0n) is 16.5. The zero-order chi connectivity index (χ0) is 19.1. The Bertz CT molecular complexity index is 989. The molecular weight excluding hydrogens is 360 g/mol. The molecule has 1 aliphatic rings. The summed E-state index contributed by atoms with van der Waals surface area (Å²) < 4.78 is 7.05. The lowest BCUT2D eigenvalue weighted by molar-refractivity contribution is 0.575. The van der Waals surface area contributed by atoms with Crippen molar-refractivity contribution < 1.29 is 4.12 Å². The van der Waals surface area contributed by atoms with E-state index in [0.29, 0.717) is 0 Å². The molecule has 1 nitrogen and oxygen atoms in total. The number of hydrogen-bond acceptors (Lipinski definition) is 1. The minimum Gasteiger partial charge on any atom is -0.449 e. The normalized spacial score (nSPS) is 17.9. The van der Waals surface area contributed by atoms with E-state index in [-0.39, 0.29) is 0 Å². The third-order valence-electron chi connectivity index (χ3n) is 5.33. The van der Waals surface area contributed by atoms with Gasteiger partial charge in [0.2, 0.25) is 16.6 Å². The molecule has 1 heterocycles. The van der Waals surface area contributed by atoms with Crippen molar-refractivity contribution in [2.45, 2.75) is 26.2 Å². The van der Waals surface area contributed by atoms with Gasteiger partial charge in [-0.15, -0.1) is 0 Å². The summed E-state index contributed by atoms with van der Waals surface area (Å²) in [7, 11) is -4.18. The molecule has 136 valence electrons. The van der Waals surface area contributed by atoms with E-state index in [0.717, 1.165) is 0 Å². The van der Waals surface area contributed by atoms with E-state index in [9.17, 15) is 0 Å². The van der Waals surface area contributed by atoms with Crippen LogP contribution in [0.5, 0.6) is 0 Å². The highest BCUT2D eigenvalue weighted by molar-refractivity contribution is 7.01. The fraction of sp³-hybridized carbons (Fsp3) is 0.167. The van der Waals surface area contributed by atoms with E-state index in [1.165, 1.54) is 32.6 Å². The average molecular weight is 387 g/mol. The summed E-state index contributed by atoms with van der Waals surface area (Å²) in [4.78, 5) is 0. The van der Waals surface area contributed by atoms with E-state index < -0.39 is 16.6 Å². The Labute approximate surface area is 164 Å². The molecule has 27 heavy (non-hydrogen) atoms. The van der Waals surface area contributed by atoms with Crippen LogP contribution in [0.3, 0.4) is 0 Å². The first-order valence-corrected chi connectivity index (χ1v) is 15.4. The van der Waals surface area contributed by atoms with E-state index in [1.54, 1.807) is 0 Å². The second-order valence-electron chi connectivity index (χ2n) is 8.15. The molecule has 0 fully saturated rings. The summed E-state index contributed by atoms with van der Waals surface area (Å²) in [5.74, 6) is 0. The summed E-state index contributed by atoms with van der Waals surface area (Å²) in [6.07, 6.45) is 0. The molecular formula is C24H26OSi2. The zero-order valence-corrected chi connectivity index (χ0v) is 18.5. The van der Waals surface area contributed by atoms with Crippen LogP contribution in [0.15, 0.2) is 84.9 Å². The smallest absolute Gasteiger partial charge is 0.207 e. The van der Waals surface area contributed by atoms with Gasteiger partial charge >= 0.3 is 0 Å². The minimum absolute atomic E-state index is 1.28. The van der Waals surface area contributed by atoms with Crippen LogP contribution in [0.2, 0.25) is 26.2 Å². The van der Waals surface area contributed by atoms with Gasteiger partial charge in [-0.3, -0.25) is 0 Å². The Morgan fingerprint density at radius 3 is 1.70 bits per heavy atom. The summed E-state index contributed by atoms with van der Waals surface area (Å²) >= 11 is 0. The average Bonchev–Trinajstić information content (AvgIpc) is 2.73. The summed E-state index contributed by atoms with van der Waals surface area (Å²) in [6, 6.07) is 30.5. The van der Waals surface area contributed by atoms with Crippen molar-refractivity contribution in [3.8, 4) is 0 Å². The monoisotopic (exact) mass is 386 g/mol. The van der Waals surface area contributed by atoms with Gasteiger partial charge in [0.1, 0.15) is 0 Å². The first-order valence-electron chi connectivity index (χ1n) is 9.56. The second kappa shape index (κ2) is 6.75. The summed E-state index contributed by atoms with van der Waals surface area (Å²) in [6.45, 7) is 9.41. The van der Waals surface area contributed by atoms with Gasteiger partial charge < -0.3 is 4.12 Å². The minimum atomic E-state index is -2.15. The van der Waals surface area contributed by atoms with Gasteiger partial charge in [0.05, 0.1) is 0 Å². The molecule has 0 radical (unpaired) electrons. The van der Waals surface area contributed by atoms with Gasteiger partial charge in [0.25, 0.3) is 0 Å². The summed E-state index contributed by atoms with van der Waals surface area (Å²) in [5.41, 5.74) is 5.26. The standard InChI is InChI=1S/C24H26OSi2/c1-26(2)22-18-12-11-17-21(22)23(19-13-7-5-8-14-19)24(27(3,4)25-26)20-15-9-6-10-16-20/h5-18H,1-4H3. The van der Waals surface area contributed by atoms with Crippen LogP contribution in [-0.2, 0) is 4.12 Å². The largest absolute Gasteiger partial charge is 0.449 e. The maximum Gasteiger partial charge on any atom is 0.207 e. The Balaban J connectivity index is 2.15. The first kappa shape index (κ1) is 18.2. The number of hydrogen-bond donors (Lipinski definition) is 0. The van der Waals surface area contributed by atoms with E-state index >= 15 is 0 Å². The molecule has 3 aromatic rings. The number of fused-ring (bicyclic) bond motifs is 1. The van der Waals surface area contributed by atoms with Crippen molar-refractivity contribution in [1.29, 1.82) is 0 Å². The van der Waals surface area contributed by atoms with Crippen molar-refractivity contribution in [2.24, 2.45) is 0 Å². The Kier molecular flexibility index (Phi) is 4.54. The topological polar surface area (TPSA) is 9.23 Å². The molecule has 0 amide bonds. The second-order valence-corrected chi connectivity index (χ2v) is 16.0. The molecule has 0 N–H and O–H groups in total. The van der Waals surface area contributed by atoms with Crippen molar-refractivity contribution >= 4 is 32.6 Å². The maximum absolute atomic E-state index is 7.05. The predicted octanol–water partition coefficient (Wildman–Crippen LogP) is 5.83. The highest BCUT2D eigenvalue weighted by Crippen LogP contribution is 2.41. The van der Waals surface area contributed by atoms with E-state index in [1.807, 2.05) is 0 Å². The predicted molar refractivity (Wildman–Crippen MR) is 121 cm³/mol. The quantitative estimate of drug-likeness (QED) is 0.503. The lowest BCUT2D eigenvalue weighted by Crippen LogP contribution is -2.52. The molecule has 0 spiro atoms. The van der Waals surface area contributed by atoms with Crippen molar-refractivity contribution in [3.05, 3.63) is 102 Å². The molecule has 3 aromatic carbocycles. The Morgan fingerprint density at radius 2 is 1.07 bits per heavy atom. The summed E-state index contributed by atoms with van der Waals surface area (Å²) in [5, 5.41) is 2.80. The molecule has 0 unspecified atom stereocenters. The lowest BCUT2D eigenvalue weighted by atomic mass is 9.95. The SMILES string of the molecule is C[Si]1(C)O[Si](C)(C)c2ccccc2C(c2ccccc2)=C1c1ccccc1. The third-order valence-corrected chi connectivity index (χ3v) is 12.9. The molecule has 3 heteroatoms. The van der Waals surface area contributed by atoms with Crippen molar-refractivity contribution in [3.63, 3.8) is 0 Å². The van der Waals surface area contributed by atoms with Crippen LogP contribution < -0.4 is 5.19 Å². The van der Waals surface area contributed by atoms with Crippen molar-refractivity contribution in [2.75, 3.05) is 0 Å². The molecule has 0 bridgehead atoms. The van der Waals surface area contributed by atoms with E-state index in [4.69, 9.17) is 4.12 Å². The molecule has 4 rings (SSSR count). The third kappa shape index (κ3) is 3.27. The molecule has 0 atom stereocenters. The number of benzene rings is 3. The van der Waals surface area contributed by atoms with Gasteiger partial charge in [0, 0.05) is 0 Å². The van der Waals surface area contributed by atoms with Crippen LogP contribution >= 0.6 is 0 Å². The first-order chi connectivity index (χ1) is 12.9. The number of rotatable bonds is 2. The van der Waals surface area contributed by atoms with Crippen LogP contribution in [0.25, 0.3) is 10.8 Å². The van der Waals surface area contributed by atoms with Gasteiger partial charge in [-0.25, -0.2) is 0 Å². The highest BCUT2D eigenvalue weighted by Gasteiger charge is 2.43. The van der Waals surface area contributed by atoms with Crippen molar-refractivity contribution in [1.82, 2.24) is 0 Å². The highest BCUT2D eigenvalue weighted by atomic mass is 28.4. The van der Waals surface area contributed by atoms with Gasteiger partial charge in [0.15, 0.2) is 0 Å². The molecule has 0 saturated carbocycles. The van der Waals surface area contributed by atoms with Crippen LogP contribution in [0.1, 0.15) is 16.7 Å². The fourth-order valence-electron chi connectivity index (χ4n) is 4.41. The lowest BCUT2D eigenvalue weighted by Gasteiger charge is -2.34.